The Hall–Kier alpha value is -1.24. The molecule has 128 valence electrons. The molecular formula is C17H27N3O2S. The average Bonchev–Trinajstić information content (AvgIpc) is 2.53. The van der Waals surface area contributed by atoms with E-state index in [4.69, 9.17) is 5.11 Å². The van der Waals surface area contributed by atoms with Gasteiger partial charge >= 0.3 is 5.97 Å². The summed E-state index contributed by atoms with van der Waals surface area (Å²) in [6.45, 7) is 9.21. The molecule has 2 rings (SSSR count). The molecule has 1 aromatic carbocycles. The van der Waals surface area contributed by atoms with Crippen molar-refractivity contribution in [3.05, 3.63) is 28.3 Å². The Kier molecular flexibility index (Phi) is 6.74. The zero-order valence-electron chi connectivity index (χ0n) is 14.2. The van der Waals surface area contributed by atoms with Crippen LogP contribution in [0.2, 0.25) is 0 Å². The number of carboxylic acids is 1. The first-order chi connectivity index (χ1) is 11.0. The lowest BCUT2D eigenvalue weighted by atomic mass is 9.96. The van der Waals surface area contributed by atoms with E-state index in [0.717, 1.165) is 25.3 Å². The van der Waals surface area contributed by atoms with Gasteiger partial charge in [-0.2, -0.15) is 0 Å². The van der Waals surface area contributed by atoms with Crippen LogP contribution in [-0.4, -0.2) is 48.4 Å². The fraction of sp³-hybridized carbons (Fsp3) is 0.588. The fourth-order valence-corrected chi connectivity index (χ4v) is 3.81. The molecule has 4 N–H and O–H groups in total. The summed E-state index contributed by atoms with van der Waals surface area (Å²) in [5.74, 6) is 0.319. The van der Waals surface area contributed by atoms with Crippen LogP contribution in [0.15, 0.2) is 6.07 Å². The molecule has 0 amide bonds. The van der Waals surface area contributed by atoms with Crippen molar-refractivity contribution in [2.75, 3.05) is 37.2 Å². The van der Waals surface area contributed by atoms with Crippen LogP contribution in [0.1, 0.15) is 22.3 Å². The third-order valence-corrected chi connectivity index (χ3v) is 5.42. The monoisotopic (exact) mass is 337 g/mol. The Labute approximate surface area is 142 Å². The molecule has 1 fully saturated rings. The summed E-state index contributed by atoms with van der Waals surface area (Å²) in [4.78, 5) is 10.6. The number of hydrogen-bond acceptors (Lipinski definition) is 5. The molecule has 1 heterocycles. The standard InChI is InChI=1S/C17H27N3O2S/c1-11-8-14(4-5-18-10-16(21)22)13(3)17(12(11)2)20-15-9-19-6-7-23-15/h8,15,18-20H,4-7,9-10H2,1-3H3,(H,21,22). The number of benzene rings is 1. The van der Waals surface area contributed by atoms with Gasteiger partial charge in [0, 0.05) is 24.5 Å². The molecule has 1 aromatic rings. The van der Waals surface area contributed by atoms with Crippen LogP contribution >= 0.6 is 11.8 Å². The first-order valence-corrected chi connectivity index (χ1v) is 9.15. The van der Waals surface area contributed by atoms with Crippen LogP contribution in [0.3, 0.4) is 0 Å². The Morgan fingerprint density at radius 1 is 1.39 bits per heavy atom. The molecule has 0 aromatic heterocycles. The van der Waals surface area contributed by atoms with E-state index in [-0.39, 0.29) is 6.54 Å². The molecule has 0 bridgehead atoms. The minimum atomic E-state index is -0.814. The van der Waals surface area contributed by atoms with Gasteiger partial charge in [-0.05, 0) is 56.0 Å². The molecular weight excluding hydrogens is 310 g/mol. The Bertz CT molecular complexity index is 557. The SMILES string of the molecule is Cc1cc(CCNCC(=O)O)c(C)c(NC2CNCCS2)c1C. The second-order valence-corrected chi connectivity index (χ2v) is 7.32. The van der Waals surface area contributed by atoms with Crippen molar-refractivity contribution in [1.29, 1.82) is 0 Å². The molecule has 1 atom stereocenters. The zero-order chi connectivity index (χ0) is 16.8. The summed E-state index contributed by atoms with van der Waals surface area (Å²) in [5, 5.41) is 19.2. The van der Waals surface area contributed by atoms with Crippen molar-refractivity contribution >= 4 is 23.4 Å². The highest BCUT2D eigenvalue weighted by atomic mass is 32.2. The number of rotatable bonds is 7. The van der Waals surface area contributed by atoms with Crippen molar-refractivity contribution in [2.45, 2.75) is 32.6 Å². The molecule has 6 heteroatoms. The molecule has 0 radical (unpaired) electrons. The van der Waals surface area contributed by atoms with Crippen molar-refractivity contribution in [3.63, 3.8) is 0 Å². The van der Waals surface area contributed by atoms with E-state index in [1.54, 1.807) is 0 Å². The molecule has 0 spiro atoms. The predicted octanol–water partition coefficient (Wildman–Crippen LogP) is 1.90. The van der Waals surface area contributed by atoms with Crippen LogP contribution in [0.5, 0.6) is 0 Å². The maximum absolute atomic E-state index is 10.6. The summed E-state index contributed by atoms with van der Waals surface area (Å²) in [7, 11) is 0. The summed E-state index contributed by atoms with van der Waals surface area (Å²) >= 11 is 1.96. The van der Waals surface area contributed by atoms with E-state index in [1.165, 1.54) is 27.9 Å². The number of aliphatic carboxylic acids is 1. The lowest BCUT2D eigenvalue weighted by molar-refractivity contribution is -0.135. The number of hydrogen-bond donors (Lipinski definition) is 4. The third-order valence-electron chi connectivity index (χ3n) is 4.29. The van der Waals surface area contributed by atoms with Gasteiger partial charge in [0.25, 0.3) is 0 Å². The molecule has 1 saturated heterocycles. The van der Waals surface area contributed by atoms with Gasteiger partial charge in [0.15, 0.2) is 0 Å². The number of thioether (sulfide) groups is 1. The van der Waals surface area contributed by atoms with E-state index in [0.29, 0.717) is 11.9 Å². The van der Waals surface area contributed by atoms with Crippen molar-refractivity contribution in [1.82, 2.24) is 10.6 Å². The van der Waals surface area contributed by atoms with Gasteiger partial charge in [-0.15, -0.1) is 11.8 Å². The zero-order valence-corrected chi connectivity index (χ0v) is 15.0. The highest BCUT2D eigenvalue weighted by Crippen LogP contribution is 2.29. The van der Waals surface area contributed by atoms with Gasteiger partial charge in [0.05, 0.1) is 11.9 Å². The highest BCUT2D eigenvalue weighted by Gasteiger charge is 2.17. The van der Waals surface area contributed by atoms with Crippen LogP contribution < -0.4 is 16.0 Å². The first kappa shape index (κ1) is 18.1. The van der Waals surface area contributed by atoms with Gasteiger partial charge in [0.1, 0.15) is 0 Å². The largest absolute Gasteiger partial charge is 0.480 e. The predicted molar refractivity (Wildman–Crippen MR) is 97.6 cm³/mol. The summed E-state index contributed by atoms with van der Waals surface area (Å²) in [6.07, 6.45) is 0.838. The van der Waals surface area contributed by atoms with E-state index in [2.05, 4.69) is 42.8 Å². The number of carboxylic acid groups (broad SMARTS) is 1. The Morgan fingerprint density at radius 3 is 2.83 bits per heavy atom. The van der Waals surface area contributed by atoms with Gasteiger partial charge in [-0.1, -0.05) is 6.07 Å². The van der Waals surface area contributed by atoms with Crippen LogP contribution in [0, 0.1) is 20.8 Å². The number of anilines is 1. The van der Waals surface area contributed by atoms with Crippen LogP contribution in [0.4, 0.5) is 5.69 Å². The topological polar surface area (TPSA) is 73.4 Å². The highest BCUT2D eigenvalue weighted by molar-refractivity contribution is 8.00. The van der Waals surface area contributed by atoms with Crippen molar-refractivity contribution in [3.8, 4) is 0 Å². The van der Waals surface area contributed by atoms with Gasteiger partial charge in [0.2, 0.25) is 0 Å². The van der Waals surface area contributed by atoms with Crippen molar-refractivity contribution < 1.29 is 9.90 Å². The summed E-state index contributed by atoms with van der Waals surface area (Å²) < 4.78 is 0. The Balaban J connectivity index is 2.09. The van der Waals surface area contributed by atoms with E-state index < -0.39 is 5.97 Å². The maximum atomic E-state index is 10.6. The summed E-state index contributed by atoms with van der Waals surface area (Å²) in [6, 6.07) is 2.23. The second kappa shape index (κ2) is 8.57. The minimum absolute atomic E-state index is 0.0133. The molecule has 1 aliphatic heterocycles. The maximum Gasteiger partial charge on any atom is 0.317 e. The molecule has 0 aliphatic carbocycles. The van der Waals surface area contributed by atoms with Crippen molar-refractivity contribution in [2.24, 2.45) is 0 Å². The number of carbonyl (C=O) groups is 1. The van der Waals surface area contributed by atoms with Gasteiger partial charge in [-0.3, -0.25) is 4.79 Å². The summed E-state index contributed by atoms with van der Waals surface area (Å²) in [5.41, 5.74) is 6.37. The average molecular weight is 337 g/mol. The smallest absolute Gasteiger partial charge is 0.317 e. The fourth-order valence-electron chi connectivity index (χ4n) is 2.83. The van der Waals surface area contributed by atoms with E-state index in [1.807, 2.05) is 11.8 Å². The normalized spacial score (nSPS) is 18.0. The first-order valence-electron chi connectivity index (χ1n) is 8.10. The molecule has 5 nitrogen and oxygen atoms in total. The molecule has 1 unspecified atom stereocenters. The third kappa shape index (κ3) is 5.12. The number of nitrogens with one attached hydrogen (secondary N) is 3. The second-order valence-electron chi connectivity index (χ2n) is 6.01. The quantitative estimate of drug-likeness (QED) is 0.570. The lowest BCUT2D eigenvalue weighted by Gasteiger charge is -2.27. The molecule has 1 aliphatic rings. The lowest BCUT2D eigenvalue weighted by Crippen LogP contribution is -2.37. The van der Waals surface area contributed by atoms with E-state index >= 15 is 0 Å². The number of aryl methyl sites for hydroxylation is 1. The van der Waals surface area contributed by atoms with Gasteiger partial charge in [-0.25, -0.2) is 0 Å². The van der Waals surface area contributed by atoms with Crippen LogP contribution in [-0.2, 0) is 11.2 Å². The Morgan fingerprint density at radius 2 is 2.17 bits per heavy atom. The van der Waals surface area contributed by atoms with Gasteiger partial charge < -0.3 is 21.1 Å². The van der Waals surface area contributed by atoms with Crippen LogP contribution in [0.25, 0.3) is 0 Å². The van der Waals surface area contributed by atoms with E-state index in [9.17, 15) is 4.79 Å². The minimum Gasteiger partial charge on any atom is -0.480 e. The molecule has 0 saturated carbocycles. The molecule has 23 heavy (non-hydrogen) atoms.